The molecule has 1 aromatic carbocycles. The minimum Gasteiger partial charge on any atom is -0.294 e. The van der Waals surface area contributed by atoms with Crippen LogP contribution < -0.4 is 0 Å². The summed E-state index contributed by atoms with van der Waals surface area (Å²) in [5, 5.41) is 0. The number of nitrogens with zero attached hydrogens (tertiary/aromatic N) is 1. The van der Waals surface area contributed by atoms with Crippen molar-refractivity contribution in [2.75, 3.05) is 6.54 Å². The molecule has 17 heavy (non-hydrogen) atoms. The van der Waals surface area contributed by atoms with Gasteiger partial charge in [0.15, 0.2) is 0 Å². The van der Waals surface area contributed by atoms with Crippen LogP contribution >= 0.6 is 0 Å². The van der Waals surface area contributed by atoms with Gasteiger partial charge in [0.05, 0.1) is 0 Å². The average Bonchev–Trinajstić information content (AvgIpc) is 2.42. The maximum atomic E-state index is 2.69. The van der Waals surface area contributed by atoms with Crippen LogP contribution in [0.2, 0.25) is 0 Å². The molecule has 0 N–H and O–H groups in total. The van der Waals surface area contributed by atoms with Gasteiger partial charge >= 0.3 is 0 Å². The fourth-order valence-corrected chi connectivity index (χ4v) is 3.18. The first-order valence-corrected chi connectivity index (χ1v) is 7.13. The second-order valence-electron chi connectivity index (χ2n) is 5.21. The van der Waals surface area contributed by atoms with Crippen molar-refractivity contribution < 1.29 is 0 Å². The quantitative estimate of drug-likeness (QED) is 0.742. The zero-order valence-electron chi connectivity index (χ0n) is 11.2. The van der Waals surface area contributed by atoms with Gasteiger partial charge in [0, 0.05) is 12.1 Å². The van der Waals surface area contributed by atoms with Crippen molar-refractivity contribution in [2.45, 2.75) is 58.0 Å². The highest BCUT2D eigenvalue weighted by atomic mass is 15.2. The van der Waals surface area contributed by atoms with Crippen molar-refractivity contribution >= 4 is 0 Å². The Morgan fingerprint density at radius 3 is 2.35 bits per heavy atom. The van der Waals surface area contributed by atoms with Crippen LogP contribution in [0, 0.1) is 0 Å². The van der Waals surface area contributed by atoms with Crippen molar-refractivity contribution in [1.29, 1.82) is 0 Å². The minimum absolute atomic E-state index is 0.560. The van der Waals surface area contributed by atoms with Crippen LogP contribution in [0.5, 0.6) is 0 Å². The summed E-state index contributed by atoms with van der Waals surface area (Å²) in [5.74, 6) is 0. The molecule has 1 nitrogen and oxygen atoms in total. The van der Waals surface area contributed by atoms with Crippen LogP contribution in [0.4, 0.5) is 0 Å². The maximum absolute atomic E-state index is 2.69. The topological polar surface area (TPSA) is 3.24 Å². The normalized spacial score (nSPS) is 19.5. The molecule has 0 aromatic heterocycles. The highest BCUT2D eigenvalue weighted by Crippen LogP contribution is 2.29. The van der Waals surface area contributed by atoms with Gasteiger partial charge in [-0.25, -0.2) is 0 Å². The van der Waals surface area contributed by atoms with E-state index in [1.165, 1.54) is 44.2 Å². The lowest BCUT2D eigenvalue weighted by Gasteiger charge is -2.38. The SMILES string of the molecule is CCN(C1CCCCC1)C(C)c1ccccc1. The van der Waals surface area contributed by atoms with Gasteiger partial charge in [0.2, 0.25) is 0 Å². The van der Waals surface area contributed by atoms with E-state index in [0.29, 0.717) is 6.04 Å². The van der Waals surface area contributed by atoms with Crippen LogP contribution in [-0.4, -0.2) is 17.5 Å². The van der Waals surface area contributed by atoms with E-state index in [1.54, 1.807) is 0 Å². The lowest BCUT2D eigenvalue weighted by Crippen LogP contribution is -2.38. The maximum Gasteiger partial charge on any atom is 0.0322 e. The summed E-state index contributed by atoms with van der Waals surface area (Å²) < 4.78 is 0. The summed E-state index contributed by atoms with van der Waals surface area (Å²) in [7, 11) is 0. The third-order valence-corrected chi connectivity index (χ3v) is 4.19. The van der Waals surface area contributed by atoms with Crippen LogP contribution in [0.15, 0.2) is 30.3 Å². The van der Waals surface area contributed by atoms with E-state index < -0.39 is 0 Å². The van der Waals surface area contributed by atoms with Crippen molar-refractivity contribution in [3.8, 4) is 0 Å². The van der Waals surface area contributed by atoms with E-state index in [2.05, 4.69) is 49.1 Å². The molecule has 1 aliphatic rings. The molecular weight excluding hydrogens is 206 g/mol. The molecule has 0 radical (unpaired) electrons. The predicted molar refractivity (Wildman–Crippen MR) is 74.1 cm³/mol. The number of benzene rings is 1. The number of hydrogen-bond acceptors (Lipinski definition) is 1. The first-order chi connectivity index (χ1) is 8.33. The van der Waals surface area contributed by atoms with Gasteiger partial charge in [0.1, 0.15) is 0 Å². The monoisotopic (exact) mass is 231 g/mol. The van der Waals surface area contributed by atoms with Crippen LogP contribution in [0.25, 0.3) is 0 Å². The second-order valence-corrected chi connectivity index (χ2v) is 5.21. The van der Waals surface area contributed by atoms with Crippen molar-refractivity contribution in [3.63, 3.8) is 0 Å². The van der Waals surface area contributed by atoms with Gasteiger partial charge in [-0.15, -0.1) is 0 Å². The van der Waals surface area contributed by atoms with Crippen molar-refractivity contribution in [3.05, 3.63) is 35.9 Å². The molecule has 0 bridgehead atoms. The summed E-state index contributed by atoms with van der Waals surface area (Å²) in [4.78, 5) is 2.69. The van der Waals surface area contributed by atoms with Crippen molar-refractivity contribution in [1.82, 2.24) is 4.90 Å². The first-order valence-electron chi connectivity index (χ1n) is 7.13. The molecule has 1 atom stereocenters. The van der Waals surface area contributed by atoms with Crippen molar-refractivity contribution in [2.24, 2.45) is 0 Å². The molecule has 2 rings (SSSR count). The van der Waals surface area contributed by atoms with E-state index in [-0.39, 0.29) is 0 Å². The minimum atomic E-state index is 0.560. The first kappa shape index (κ1) is 12.6. The smallest absolute Gasteiger partial charge is 0.0322 e. The highest BCUT2D eigenvalue weighted by Gasteiger charge is 2.24. The Labute approximate surface area is 106 Å². The largest absolute Gasteiger partial charge is 0.294 e. The van der Waals surface area contributed by atoms with Gasteiger partial charge in [-0.1, -0.05) is 56.5 Å². The van der Waals surface area contributed by atoms with Gasteiger partial charge in [-0.2, -0.15) is 0 Å². The fourth-order valence-electron chi connectivity index (χ4n) is 3.18. The van der Waals surface area contributed by atoms with E-state index in [1.807, 2.05) is 0 Å². The molecule has 0 saturated heterocycles. The summed E-state index contributed by atoms with van der Waals surface area (Å²) in [6, 6.07) is 12.3. The van der Waals surface area contributed by atoms with Gasteiger partial charge in [-0.05, 0) is 31.9 Å². The van der Waals surface area contributed by atoms with Crippen LogP contribution in [0.1, 0.15) is 57.6 Å². The summed E-state index contributed by atoms with van der Waals surface area (Å²) in [6.07, 6.45) is 7.06. The fraction of sp³-hybridized carbons (Fsp3) is 0.625. The van der Waals surface area contributed by atoms with Crippen LogP contribution in [-0.2, 0) is 0 Å². The molecule has 1 fully saturated rings. The summed E-state index contributed by atoms with van der Waals surface area (Å²) >= 11 is 0. The predicted octanol–water partition coefficient (Wildman–Crippen LogP) is 4.40. The Kier molecular flexibility index (Phi) is 4.61. The zero-order chi connectivity index (χ0) is 12.1. The van der Waals surface area contributed by atoms with E-state index in [0.717, 1.165) is 6.04 Å². The zero-order valence-corrected chi connectivity index (χ0v) is 11.2. The summed E-state index contributed by atoms with van der Waals surface area (Å²) in [5.41, 5.74) is 1.46. The Hall–Kier alpha value is -0.820. The Bertz CT molecular complexity index is 314. The van der Waals surface area contributed by atoms with Gasteiger partial charge in [-0.3, -0.25) is 4.90 Å². The molecule has 0 amide bonds. The van der Waals surface area contributed by atoms with E-state index in [4.69, 9.17) is 0 Å². The Balaban J connectivity index is 2.06. The molecule has 94 valence electrons. The van der Waals surface area contributed by atoms with Gasteiger partial charge in [0.25, 0.3) is 0 Å². The number of hydrogen-bond donors (Lipinski definition) is 0. The lowest BCUT2D eigenvalue weighted by atomic mass is 9.92. The third-order valence-electron chi connectivity index (χ3n) is 4.19. The molecule has 0 spiro atoms. The molecule has 1 aromatic rings. The summed E-state index contributed by atoms with van der Waals surface area (Å²) in [6.45, 7) is 5.82. The van der Waals surface area contributed by atoms with E-state index in [9.17, 15) is 0 Å². The molecule has 1 unspecified atom stereocenters. The average molecular weight is 231 g/mol. The standard InChI is InChI=1S/C16H25N/c1-3-17(16-12-8-5-9-13-16)14(2)15-10-6-4-7-11-15/h4,6-7,10-11,14,16H,3,5,8-9,12-13H2,1-2H3. The molecule has 0 heterocycles. The molecule has 1 heteroatoms. The third kappa shape index (κ3) is 3.10. The van der Waals surface area contributed by atoms with Gasteiger partial charge < -0.3 is 0 Å². The van der Waals surface area contributed by atoms with Crippen LogP contribution in [0.3, 0.4) is 0 Å². The van der Waals surface area contributed by atoms with E-state index >= 15 is 0 Å². The lowest BCUT2D eigenvalue weighted by molar-refractivity contribution is 0.119. The highest BCUT2D eigenvalue weighted by molar-refractivity contribution is 5.18. The molecular formula is C16H25N. The molecule has 0 aliphatic heterocycles. The molecule has 1 saturated carbocycles. The Morgan fingerprint density at radius 2 is 1.76 bits per heavy atom. The molecule has 1 aliphatic carbocycles. The Morgan fingerprint density at radius 1 is 1.12 bits per heavy atom. The number of rotatable bonds is 4. The second kappa shape index (κ2) is 6.20.